The van der Waals surface area contributed by atoms with E-state index in [2.05, 4.69) is 20.5 Å². The molecule has 0 amide bonds. The number of aromatic nitrogens is 5. The number of aromatic amines is 1. The van der Waals surface area contributed by atoms with Crippen molar-refractivity contribution in [3.8, 4) is 11.4 Å². The highest BCUT2D eigenvalue weighted by atomic mass is 16.3. The maximum Gasteiger partial charge on any atom is 0.154 e. The Morgan fingerprint density at radius 3 is 2.75 bits per heavy atom. The number of H-pyrrole nitrogens is 1. The minimum Gasteiger partial charge on any atom is -0.390 e. The molecule has 5 rings (SSSR count). The van der Waals surface area contributed by atoms with Crippen LogP contribution < -0.4 is 5.32 Å². The fraction of sp³-hybridized carbons (Fsp3) is 0.471. The Kier molecular flexibility index (Phi) is 2.66. The van der Waals surface area contributed by atoms with Crippen LogP contribution in [-0.4, -0.2) is 41.0 Å². The number of aliphatic hydroxyl groups is 1. The number of nitrogens with one attached hydrogen (secondary N) is 2. The maximum absolute atomic E-state index is 10.4. The minimum absolute atomic E-state index is 0.0148. The van der Waals surface area contributed by atoms with Gasteiger partial charge < -0.3 is 10.4 Å². The van der Waals surface area contributed by atoms with Crippen LogP contribution in [0.25, 0.3) is 17.0 Å². The largest absolute Gasteiger partial charge is 0.390 e. The standard InChI is InChI=1S/C17H20N6O/c1-11-8-12(21-20-11)13-9-18-15-3-2-14(22-23(13)15)19-16-4-6-17(24,10-16)7-5-16/h2-3,8-9,24H,4-7,10H2,1H3,(H,19,22)(H,20,21). The summed E-state index contributed by atoms with van der Waals surface area (Å²) < 4.78 is 1.82. The van der Waals surface area contributed by atoms with E-state index >= 15 is 0 Å². The quantitative estimate of drug-likeness (QED) is 0.687. The van der Waals surface area contributed by atoms with Crippen LogP contribution in [0.1, 0.15) is 37.8 Å². The second kappa shape index (κ2) is 4.57. The van der Waals surface area contributed by atoms with Gasteiger partial charge in [0.25, 0.3) is 0 Å². The Labute approximate surface area is 139 Å². The van der Waals surface area contributed by atoms with Crippen molar-refractivity contribution in [1.82, 2.24) is 24.8 Å². The SMILES string of the molecule is Cc1cc(-c2cnc3ccc(NC45CCC(O)(CC4)C5)nn23)n[nH]1. The molecule has 0 spiro atoms. The van der Waals surface area contributed by atoms with E-state index in [0.29, 0.717) is 0 Å². The van der Waals surface area contributed by atoms with Crippen LogP contribution in [0.5, 0.6) is 0 Å². The molecule has 0 saturated heterocycles. The monoisotopic (exact) mass is 324 g/mol. The first-order valence-corrected chi connectivity index (χ1v) is 8.42. The first-order chi connectivity index (χ1) is 11.5. The molecule has 24 heavy (non-hydrogen) atoms. The van der Waals surface area contributed by atoms with Crippen LogP contribution in [-0.2, 0) is 0 Å². The molecule has 0 radical (unpaired) electrons. The molecule has 3 N–H and O–H groups in total. The summed E-state index contributed by atoms with van der Waals surface area (Å²) >= 11 is 0. The summed E-state index contributed by atoms with van der Waals surface area (Å²) in [5.41, 5.74) is 3.01. The molecule has 7 heteroatoms. The van der Waals surface area contributed by atoms with Crippen LogP contribution in [0.4, 0.5) is 5.82 Å². The molecule has 124 valence electrons. The Balaban J connectivity index is 1.52. The van der Waals surface area contributed by atoms with Gasteiger partial charge in [0.1, 0.15) is 17.2 Å². The highest BCUT2D eigenvalue weighted by Gasteiger charge is 2.53. The maximum atomic E-state index is 10.4. The van der Waals surface area contributed by atoms with Crippen molar-refractivity contribution in [2.45, 2.75) is 50.2 Å². The van der Waals surface area contributed by atoms with Crippen LogP contribution in [0.2, 0.25) is 0 Å². The third kappa shape index (κ3) is 2.04. The second-order valence-electron chi connectivity index (χ2n) is 7.37. The van der Waals surface area contributed by atoms with Gasteiger partial charge in [-0.2, -0.15) is 5.10 Å². The molecule has 3 aromatic heterocycles. The van der Waals surface area contributed by atoms with Gasteiger partial charge in [-0.1, -0.05) is 0 Å². The normalized spacial score (nSPS) is 28.8. The molecule has 0 atom stereocenters. The summed E-state index contributed by atoms with van der Waals surface area (Å²) in [5, 5.41) is 26.0. The molecule has 3 heterocycles. The number of nitrogens with zero attached hydrogens (tertiary/aromatic N) is 4. The van der Waals surface area contributed by atoms with Crippen molar-refractivity contribution in [3.63, 3.8) is 0 Å². The highest BCUT2D eigenvalue weighted by Crippen LogP contribution is 2.51. The number of aryl methyl sites for hydroxylation is 1. The number of anilines is 1. The Hall–Kier alpha value is -2.41. The van der Waals surface area contributed by atoms with E-state index in [4.69, 9.17) is 5.10 Å². The van der Waals surface area contributed by atoms with Gasteiger partial charge in [0.15, 0.2) is 5.65 Å². The predicted octanol–water partition coefficient (Wildman–Crippen LogP) is 2.29. The Bertz CT molecular complexity index is 918. The lowest BCUT2D eigenvalue weighted by atomic mass is 9.93. The van der Waals surface area contributed by atoms with E-state index in [0.717, 1.165) is 60.7 Å². The summed E-state index contributed by atoms with van der Waals surface area (Å²) in [7, 11) is 0. The summed E-state index contributed by atoms with van der Waals surface area (Å²) in [6, 6.07) is 5.91. The summed E-state index contributed by atoms with van der Waals surface area (Å²) in [6.07, 6.45) is 6.37. The average molecular weight is 324 g/mol. The van der Waals surface area contributed by atoms with Crippen molar-refractivity contribution < 1.29 is 5.11 Å². The van der Waals surface area contributed by atoms with Gasteiger partial charge in [-0.3, -0.25) is 5.10 Å². The van der Waals surface area contributed by atoms with E-state index in [1.165, 1.54) is 0 Å². The lowest BCUT2D eigenvalue weighted by molar-refractivity contribution is 0.0521. The van der Waals surface area contributed by atoms with Crippen molar-refractivity contribution in [2.24, 2.45) is 0 Å². The molecular formula is C17H20N6O. The van der Waals surface area contributed by atoms with E-state index in [1.54, 1.807) is 6.20 Å². The molecule has 0 aromatic carbocycles. The first kappa shape index (κ1) is 14.0. The number of rotatable bonds is 3. The molecule has 2 fully saturated rings. The smallest absolute Gasteiger partial charge is 0.154 e. The molecule has 7 nitrogen and oxygen atoms in total. The van der Waals surface area contributed by atoms with Gasteiger partial charge >= 0.3 is 0 Å². The molecular weight excluding hydrogens is 304 g/mol. The zero-order chi connectivity index (χ0) is 16.4. The zero-order valence-corrected chi connectivity index (χ0v) is 13.6. The third-order valence-corrected chi connectivity index (χ3v) is 5.53. The molecule has 2 aliphatic carbocycles. The summed E-state index contributed by atoms with van der Waals surface area (Å²) in [4.78, 5) is 4.41. The number of hydrogen-bond donors (Lipinski definition) is 3. The molecule has 0 aliphatic heterocycles. The third-order valence-electron chi connectivity index (χ3n) is 5.53. The molecule has 2 saturated carbocycles. The van der Waals surface area contributed by atoms with E-state index < -0.39 is 5.60 Å². The fourth-order valence-electron chi connectivity index (χ4n) is 4.28. The Morgan fingerprint density at radius 2 is 2.08 bits per heavy atom. The lowest BCUT2D eigenvalue weighted by Crippen LogP contribution is -2.33. The highest BCUT2D eigenvalue weighted by molar-refractivity contribution is 5.60. The van der Waals surface area contributed by atoms with Gasteiger partial charge in [-0.05, 0) is 57.2 Å². The van der Waals surface area contributed by atoms with Gasteiger partial charge in [-0.15, -0.1) is 5.10 Å². The molecule has 2 aliphatic rings. The minimum atomic E-state index is -0.468. The van der Waals surface area contributed by atoms with Gasteiger partial charge in [-0.25, -0.2) is 9.50 Å². The van der Waals surface area contributed by atoms with Gasteiger partial charge in [0, 0.05) is 11.2 Å². The number of fused-ring (bicyclic) bond motifs is 3. The average Bonchev–Trinajstić information content (AvgIpc) is 3.29. The topological polar surface area (TPSA) is 91.1 Å². The fourth-order valence-corrected chi connectivity index (χ4v) is 4.28. The van der Waals surface area contributed by atoms with Crippen LogP contribution in [0, 0.1) is 6.92 Å². The second-order valence-corrected chi connectivity index (χ2v) is 7.37. The first-order valence-electron chi connectivity index (χ1n) is 8.42. The van der Waals surface area contributed by atoms with Crippen LogP contribution in [0.3, 0.4) is 0 Å². The van der Waals surface area contributed by atoms with E-state index in [-0.39, 0.29) is 5.54 Å². The van der Waals surface area contributed by atoms with Crippen molar-refractivity contribution in [3.05, 3.63) is 30.1 Å². The van der Waals surface area contributed by atoms with E-state index in [1.807, 2.05) is 29.6 Å². The van der Waals surface area contributed by atoms with Crippen molar-refractivity contribution in [2.75, 3.05) is 5.32 Å². The number of imidazole rings is 1. The molecule has 2 bridgehead atoms. The molecule has 3 aromatic rings. The summed E-state index contributed by atoms with van der Waals surface area (Å²) in [5.74, 6) is 0.820. The van der Waals surface area contributed by atoms with E-state index in [9.17, 15) is 5.11 Å². The predicted molar refractivity (Wildman–Crippen MR) is 89.7 cm³/mol. The van der Waals surface area contributed by atoms with Crippen molar-refractivity contribution >= 4 is 11.5 Å². The zero-order valence-electron chi connectivity index (χ0n) is 13.6. The summed E-state index contributed by atoms with van der Waals surface area (Å²) in [6.45, 7) is 1.97. The van der Waals surface area contributed by atoms with Gasteiger partial charge in [0.05, 0.1) is 11.8 Å². The van der Waals surface area contributed by atoms with Crippen molar-refractivity contribution in [1.29, 1.82) is 0 Å². The lowest BCUT2D eigenvalue weighted by Gasteiger charge is -2.28. The molecule has 0 unspecified atom stereocenters. The Morgan fingerprint density at radius 1 is 1.25 bits per heavy atom. The number of hydrogen-bond acceptors (Lipinski definition) is 5. The van der Waals surface area contributed by atoms with Crippen LogP contribution >= 0.6 is 0 Å². The van der Waals surface area contributed by atoms with Gasteiger partial charge in [0.2, 0.25) is 0 Å². The van der Waals surface area contributed by atoms with Crippen LogP contribution in [0.15, 0.2) is 24.4 Å².